The number of ether oxygens (including phenoxy) is 1. The summed E-state index contributed by atoms with van der Waals surface area (Å²) < 4.78 is 43.4. The molecule has 2 heterocycles. The number of rotatable bonds is 9. The Hall–Kier alpha value is -3.43. The molecule has 0 aromatic carbocycles. The molecule has 2 aromatic heterocycles. The van der Waals surface area contributed by atoms with E-state index in [0.717, 1.165) is 12.1 Å². The van der Waals surface area contributed by atoms with E-state index in [9.17, 15) is 18.0 Å². The molecule has 0 unspecified atom stereocenters. The first kappa shape index (κ1) is 23.8. The van der Waals surface area contributed by atoms with Gasteiger partial charge in [-0.25, -0.2) is 4.98 Å². The number of likely N-dealkylation sites (N-methyl/N-ethyl adjacent to an activating group) is 1. The minimum absolute atomic E-state index is 0.0385. The van der Waals surface area contributed by atoms with Crippen molar-refractivity contribution < 1.29 is 22.7 Å². The van der Waals surface area contributed by atoms with Gasteiger partial charge in [0.25, 0.3) is 5.91 Å². The quantitative estimate of drug-likeness (QED) is 0.440. The molecule has 1 atom stereocenters. The van der Waals surface area contributed by atoms with Crippen LogP contribution in [0.4, 0.5) is 13.2 Å². The molecule has 0 N–H and O–H groups in total. The fraction of sp³-hybridized carbons (Fsp3) is 0.333. The lowest BCUT2D eigenvalue weighted by Gasteiger charge is -2.29. The predicted octanol–water partition coefficient (Wildman–Crippen LogP) is 3.98. The first-order valence-corrected chi connectivity index (χ1v) is 9.55. The van der Waals surface area contributed by atoms with Gasteiger partial charge in [0.2, 0.25) is 5.88 Å². The van der Waals surface area contributed by atoms with Gasteiger partial charge in [0.05, 0.1) is 35.3 Å². The number of amides is 1. The van der Waals surface area contributed by atoms with Crippen molar-refractivity contribution in [2.75, 3.05) is 13.2 Å². The molecule has 10 heteroatoms. The van der Waals surface area contributed by atoms with Crippen molar-refractivity contribution >= 4 is 11.6 Å². The Morgan fingerprint density at radius 1 is 1.32 bits per heavy atom. The minimum atomic E-state index is -4.47. The number of halogens is 3. The molecule has 0 saturated carbocycles. The van der Waals surface area contributed by atoms with Crippen molar-refractivity contribution in [2.45, 2.75) is 33.0 Å². The summed E-state index contributed by atoms with van der Waals surface area (Å²) >= 11 is 0. The molecular formula is C21H24F3N5O2. The lowest BCUT2D eigenvalue weighted by molar-refractivity contribution is -0.138. The number of carbonyl (C=O) groups is 1. The van der Waals surface area contributed by atoms with Gasteiger partial charge in [-0.05, 0) is 32.9 Å². The summed E-state index contributed by atoms with van der Waals surface area (Å²) in [6, 6.07) is 1.65. The molecule has 0 fully saturated rings. The van der Waals surface area contributed by atoms with Gasteiger partial charge in [0.15, 0.2) is 0 Å². The molecule has 2 rings (SSSR count). The highest BCUT2D eigenvalue weighted by atomic mass is 19.4. The summed E-state index contributed by atoms with van der Waals surface area (Å²) in [4.78, 5) is 19.6. The van der Waals surface area contributed by atoms with Gasteiger partial charge in [-0.2, -0.15) is 28.2 Å². The first-order chi connectivity index (χ1) is 14.7. The minimum Gasteiger partial charge on any atom is -0.475 e. The Morgan fingerprint density at radius 2 is 2.00 bits per heavy atom. The number of hydrogen-bond donors (Lipinski definition) is 0. The van der Waals surface area contributed by atoms with Crippen molar-refractivity contribution in [2.24, 2.45) is 0 Å². The lowest BCUT2D eigenvalue weighted by atomic mass is 10.1. The third kappa shape index (κ3) is 6.27. The SMILES string of the molecule is C=C(C(=O)N(CC)[C@@H](C)COc1ccc(C(F)(F)F)cn1)/C(=C\C=C/C)n1nccn1. The second kappa shape index (κ2) is 10.6. The van der Waals surface area contributed by atoms with Gasteiger partial charge in [0.1, 0.15) is 6.61 Å². The number of carbonyl (C=O) groups excluding carboxylic acids is 1. The molecule has 0 aliphatic rings. The Kier molecular flexibility index (Phi) is 8.12. The van der Waals surface area contributed by atoms with Gasteiger partial charge >= 0.3 is 6.18 Å². The first-order valence-electron chi connectivity index (χ1n) is 9.55. The van der Waals surface area contributed by atoms with Crippen molar-refractivity contribution in [1.29, 1.82) is 0 Å². The van der Waals surface area contributed by atoms with Crippen molar-refractivity contribution in [3.05, 3.63) is 66.7 Å². The van der Waals surface area contributed by atoms with E-state index in [1.54, 1.807) is 37.0 Å². The second-order valence-electron chi connectivity index (χ2n) is 6.51. The van der Waals surface area contributed by atoms with E-state index in [-0.39, 0.29) is 24.0 Å². The van der Waals surface area contributed by atoms with E-state index >= 15 is 0 Å². The molecule has 0 saturated heterocycles. The summed E-state index contributed by atoms with van der Waals surface area (Å²) in [5.41, 5.74) is -0.248. The molecule has 0 bridgehead atoms. The molecule has 0 aliphatic carbocycles. The number of allylic oxidation sites excluding steroid dienone is 3. The van der Waals surface area contributed by atoms with Crippen LogP contribution in [0.3, 0.4) is 0 Å². The van der Waals surface area contributed by atoms with Crippen LogP contribution in [-0.2, 0) is 11.0 Å². The zero-order valence-corrected chi connectivity index (χ0v) is 17.5. The maximum Gasteiger partial charge on any atom is 0.417 e. The smallest absolute Gasteiger partial charge is 0.417 e. The zero-order chi connectivity index (χ0) is 23.0. The predicted molar refractivity (Wildman–Crippen MR) is 110 cm³/mol. The number of pyridine rings is 1. The van der Waals surface area contributed by atoms with Crippen molar-refractivity contribution in [1.82, 2.24) is 24.9 Å². The highest BCUT2D eigenvalue weighted by molar-refractivity contribution is 6.05. The molecule has 0 aliphatic heterocycles. The summed E-state index contributed by atoms with van der Waals surface area (Å²) in [5.74, 6) is -0.302. The van der Waals surface area contributed by atoms with Crippen molar-refractivity contribution in [3.8, 4) is 5.88 Å². The van der Waals surface area contributed by atoms with Crippen molar-refractivity contribution in [3.63, 3.8) is 0 Å². The Labute approximate surface area is 178 Å². The molecular weight excluding hydrogens is 411 g/mol. The molecule has 31 heavy (non-hydrogen) atoms. The molecule has 1 amide bonds. The van der Waals surface area contributed by atoms with E-state index < -0.39 is 17.8 Å². The largest absolute Gasteiger partial charge is 0.475 e. The normalized spacial score (nSPS) is 13.3. The fourth-order valence-electron chi connectivity index (χ4n) is 2.68. The van der Waals surface area contributed by atoms with E-state index in [2.05, 4.69) is 21.8 Å². The van der Waals surface area contributed by atoms with E-state index in [1.807, 2.05) is 6.92 Å². The Bertz CT molecular complexity index is 935. The van der Waals surface area contributed by atoms with Crippen LogP contribution in [0.15, 0.2) is 61.1 Å². The van der Waals surface area contributed by atoms with Crippen LogP contribution in [0.25, 0.3) is 5.70 Å². The third-order valence-electron chi connectivity index (χ3n) is 4.32. The summed E-state index contributed by atoms with van der Waals surface area (Å²) in [7, 11) is 0. The maximum atomic E-state index is 13.1. The summed E-state index contributed by atoms with van der Waals surface area (Å²) in [6.07, 6.45) is 4.45. The Balaban J connectivity index is 2.09. The lowest BCUT2D eigenvalue weighted by Crippen LogP contribution is -2.42. The average Bonchev–Trinajstić information content (AvgIpc) is 3.27. The molecule has 0 radical (unpaired) electrons. The van der Waals surface area contributed by atoms with Gasteiger partial charge in [-0.1, -0.05) is 18.7 Å². The van der Waals surface area contributed by atoms with Crippen LogP contribution in [0.5, 0.6) is 5.88 Å². The van der Waals surface area contributed by atoms with E-state index in [1.165, 1.54) is 17.2 Å². The average molecular weight is 435 g/mol. The number of hydrogen-bond acceptors (Lipinski definition) is 5. The number of nitrogens with zero attached hydrogens (tertiary/aromatic N) is 5. The van der Waals surface area contributed by atoms with Crippen LogP contribution in [-0.4, -0.2) is 50.0 Å². The number of aromatic nitrogens is 4. The standard InChI is InChI=1S/C21H24F3N5O2/c1-5-7-8-18(29-26-11-12-27-29)16(4)20(30)28(6-2)15(3)14-31-19-10-9-17(13-25-19)21(22,23)24/h5,7-13,15H,4,6,14H2,1-3H3/b7-5-,18-8+/t15-/m0/s1. The monoisotopic (exact) mass is 435 g/mol. The topological polar surface area (TPSA) is 73.1 Å². The van der Waals surface area contributed by atoms with Crippen LogP contribution >= 0.6 is 0 Å². The van der Waals surface area contributed by atoms with Gasteiger partial charge in [0, 0.05) is 18.8 Å². The van der Waals surface area contributed by atoms with Gasteiger partial charge in [-0.15, -0.1) is 0 Å². The molecule has 166 valence electrons. The van der Waals surface area contributed by atoms with Gasteiger partial charge in [-0.3, -0.25) is 4.79 Å². The fourth-order valence-corrected chi connectivity index (χ4v) is 2.68. The van der Waals surface area contributed by atoms with Crippen LogP contribution < -0.4 is 4.74 Å². The van der Waals surface area contributed by atoms with Gasteiger partial charge < -0.3 is 9.64 Å². The molecule has 2 aromatic rings. The van der Waals surface area contributed by atoms with E-state index in [0.29, 0.717) is 18.4 Å². The summed E-state index contributed by atoms with van der Waals surface area (Å²) in [5, 5.41) is 8.12. The maximum absolute atomic E-state index is 13.1. The van der Waals surface area contributed by atoms with Crippen LogP contribution in [0, 0.1) is 0 Å². The second-order valence-corrected chi connectivity index (χ2v) is 6.51. The molecule has 0 spiro atoms. The highest BCUT2D eigenvalue weighted by Crippen LogP contribution is 2.29. The molecule has 7 nitrogen and oxygen atoms in total. The third-order valence-corrected chi connectivity index (χ3v) is 4.32. The Morgan fingerprint density at radius 3 is 2.52 bits per heavy atom. The summed E-state index contributed by atoms with van der Waals surface area (Å²) in [6.45, 7) is 9.73. The van der Waals surface area contributed by atoms with E-state index in [4.69, 9.17) is 4.74 Å². The highest BCUT2D eigenvalue weighted by Gasteiger charge is 2.31. The number of alkyl halides is 3. The zero-order valence-electron chi connectivity index (χ0n) is 17.5. The van der Waals surface area contributed by atoms with Crippen LogP contribution in [0.1, 0.15) is 26.3 Å². The van der Waals surface area contributed by atoms with Crippen LogP contribution in [0.2, 0.25) is 0 Å².